The number of hydrogen-bond acceptors (Lipinski definition) is 8. The van der Waals surface area contributed by atoms with Gasteiger partial charge in [0, 0.05) is 24.4 Å². The van der Waals surface area contributed by atoms with E-state index in [-0.39, 0.29) is 11.3 Å². The molecule has 0 fully saturated rings. The smallest absolute Gasteiger partial charge is 0.259 e. The van der Waals surface area contributed by atoms with Crippen molar-refractivity contribution in [3.05, 3.63) is 41.7 Å². The predicted octanol–water partition coefficient (Wildman–Crippen LogP) is 1.30. The number of amidine groups is 1. The van der Waals surface area contributed by atoms with Crippen molar-refractivity contribution in [2.24, 2.45) is 9.98 Å². The van der Waals surface area contributed by atoms with Crippen molar-refractivity contribution >= 4 is 23.4 Å². The highest BCUT2D eigenvalue weighted by Gasteiger charge is 2.32. The van der Waals surface area contributed by atoms with Gasteiger partial charge in [0.05, 0.1) is 38.2 Å². The van der Waals surface area contributed by atoms with Crippen molar-refractivity contribution in [1.29, 1.82) is 0 Å². The zero-order valence-electron chi connectivity index (χ0n) is 14.8. The maximum atomic E-state index is 12.5. The number of carbonyl (C=O) groups is 1. The van der Waals surface area contributed by atoms with E-state index in [0.29, 0.717) is 42.1 Å². The molecule has 0 spiro atoms. The van der Waals surface area contributed by atoms with Gasteiger partial charge in [-0.2, -0.15) is 0 Å². The number of hydrogen-bond donors (Lipinski definition) is 2. The molecule has 3 heterocycles. The van der Waals surface area contributed by atoms with Crippen molar-refractivity contribution in [2.45, 2.75) is 0 Å². The lowest BCUT2D eigenvalue weighted by Gasteiger charge is -2.28. The molecule has 0 atom stereocenters. The monoisotopic (exact) mass is 367 g/mol. The van der Waals surface area contributed by atoms with Gasteiger partial charge >= 0.3 is 0 Å². The number of fused-ring (bicyclic) bond motifs is 3. The number of guanidine groups is 1. The van der Waals surface area contributed by atoms with E-state index >= 15 is 0 Å². The van der Waals surface area contributed by atoms with Crippen molar-refractivity contribution < 1.29 is 19.4 Å². The zero-order valence-corrected chi connectivity index (χ0v) is 14.8. The van der Waals surface area contributed by atoms with E-state index in [2.05, 4.69) is 20.3 Å². The number of rotatable bonds is 3. The van der Waals surface area contributed by atoms with Gasteiger partial charge in [-0.25, -0.2) is 4.99 Å². The maximum absolute atomic E-state index is 12.5. The summed E-state index contributed by atoms with van der Waals surface area (Å²) in [6, 6.07) is 4.91. The van der Waals surface area contributed by atoms with Crippen LogP contribution in [0.2, 0.25) is 0 Å². The van der Waals surface area contributed by atoms with Crippen LogP contribution in [0.4, 0.5) is 5.69 Å². The molecule has 0 unspecified atom stereocenters. The second-order valence-electron chi connectivity index (χ2n) is 5.90. The van der Waals surface area contributed by atoms with Crippen LogP contribution in [0.15, 0.2) is 40.6 Å². The number of nitrogens with one attached hydrogen (secondary N) is 1. The lowest BCUT2D eigenvalue weighted by Crippen LogP contribution is -2.47. The maximum Gasteiger partial charge on any atom is 0.259 e. The molecule has 1 amide bonds. The first-order chi connectivity index (χ1) is 13.1. The number of aromatic hydroxyl groups is 1. The highest BCUT2D eigenvalue weighted by Crippen LogP contribution is 2.38. The van der Waals surface area contributed by atoms with Crippen molar-refractivity contribution in [3.8, 4) is 17.2 Å². The Labute approximate surface area is 155 Å². The SMILES string of the molecule is COc1cc2c(cc1OC)C1=NCCN1C(NC(=O)c1cncc(O)c1)=N2. The summed E-state index contributed by atoms with van der Waals surface area (Å²) in [7, 11) is 3.12. The van der Waals surface area contributed by atoms with Gasteiger partial charge in [-0.05, 0) is 12.1 Å². The average molecular weight is 367 g/mol. The summed E-state index contributed by atoms with van der Waals surface area (Å²) >= 11 is 0. The third kappa shape index (κ3) is 2.92. The van der Waals surface area contributed by atoms with Crippen LogP contribution in [0.25, 0.3) is 0 Å². The van der Waals surface area contributed by atoms with E-state index in [9.17, 15) is 9.90 Å². The van der Waals surface area contributed by atoms with Gasteiger partial charge in [-0.3, -0.25) is 25.0 Å². The quantitative estimate of drug-likeness (QED) is 0.846. The fraction of sp³-hybridized carbons (Fsp3) is 0.222. The molecule has 1 aromatic carbocycles. The van der Waals surface area contributed by atoms with Crippen LogP contribution >= 0.6 is 0 Å². The Morgan fingerprint density at radius 2 is 1.96 bits per heavy atom. The standard InChI is InChI=1S/C18H17N5O4/c1-26-14-6-12-13(7-15(14)27-2)21-18(23-4-3-20-16(12)23)22-17(25)10-5-11(24)9-19-8-10/h5-9,24H,3-4H2,1-2H3,(H,21,22,25). The number of aromatic nitrogens is 1. The number of ether oxygens (including phenoxy) is 2. The van der Waals surface area contributed by atoms with Gasteiger partial charge in [0.15, 0.2) is 11.5 Å². The Bertz CT molecular complexity index is 986. The highest BCUT2D eigenvalue weighted by molar-refractivity contribution is 6.19. The van der Waals surface area contributed by atoms with Crippen LogP contribution in [0.1, 0.15) is 15.9 Å². The molecule has 2 aliphatic rings. The molecule has 0 saturated heterocycles. The number of nitrogens with zero attached hydrogens (tertiary/aromatic N) is 4. The fourth-order valence-electron chi connectivity index (χ4n) is 3.02. The highest BCUT2D eigenvalue weighted by atomic mass is 16.5. The number of benzene rings is 1. The minimum absolute atomic E-state index is 0.0844. The summed E-state index contributed by atoms with van der Waals surface area (Å²) < 4.78 is 10.7. The lowest BCUT2D eigenvalue weighted by molar-refractivity contribution is 0.0973. The molecule has 0 bridgehead atoms. The molecule has 27 heavy (non-hydrogen) atoms. The molecule has 0 saturated carbocycles. The molecule has 2 aliphatic heterocycles. The zero-order chi connectivity index (χ0) is 19.0. The summed E-state index contributed by atoms with van der Waals surface area (Å²) in [5, 5.41) is 12.3. The van der Waals surface area contributed by atoms with Crippen LogP contribution < -0.4 is 14.8 Å². The molecule has 0 aliphatic carbocycles. The van der Waals surface area contributed by atoms with Crippen LogP contribution in [-0.4, -0.2) is 60.0 Å². The Morgan fingerprint density at radius 1 is 1.19 bits per heavy atom. The molecule has 1 aromatic heterocycles. The fourth-order valence-corrected chi connectivity index (χ4v) is 3.02. The van der Waals surface area contributed by atoms with Crippen LogP contribution in [0, 0.1) is 0 Å². The first-order valence-corrected chi connectivity index (χ1v) is 8.23. The number of carbonyl (C=O) groups excluding carboxylic acids is 1. The van der Waals surface area contributed by atoms with Crippen LogP contribution in [0.5, 0.6) is 17.2 Å². The predicted molar refractivity (Wildman–Crippen MR) is 98.1 cm³/mol. The number of amides is 1. The largest absolute Gasteiger partial charge is 0.506 e. The molecule has 9 heteroatoms. The minimum Gasteiger partial charge on any atom is -0.506 e. The number of aliphatic imine (C=N–C) groups is 2. The summed E-state index contributed by atoms with van der Waals surface area (Å²) in [6.07, 6.45) is 2.63. The molecule has 2 N–H and O–H groups in total. The third-order valence-corrected chi connectivity index (χ3v) is 4.28. The van der Waals surface area contributed by atoms with Crippen LogP contribution in [0.3, 0.4) is 0 Å². The molecular weight excluding hydrogens is 350 g/mol. The molecule has 9 nitrogen and oxygen atoms in total. The van der Waals surface area contributed by atoms with Gasteiger partial charge in [-0.15, -0.1) is 0 Å². The third-order valence-electron chi connectivity index (χ3n) is 4.28. The van der Waals surface area contributed by atoms with Crippen molar-refractivity contribution in [2.75, 3.05) is 27.3 Å². The van der Waals surface area contributed by atoms with E-state index in [1.807, 2.05) is 11.0 Å². The first-order valence-electron chi connectivity index (χ1n) is 8.23. The summed E-state index contributed by atoms with van der Waals surface area (Å²) in [6.45, 7) is 1.19. The second-order valence-corrected chi connectivity index (χ2v) is 5.90. The van der Waals surface area contributed by atoms with E-state index in [1.54, 1.807) is 20.3 Å². The van der Waals surface area contributed by atoms with Crippen molar-refractivity contribution in [3.63, 3.8) is 0 Å². The van der Waals surface area contributed by atoms with Gasteiger partial charge in [0.2, 0.25) is 5.96 Å². The summed E-state index contributed by atoms with van der Waals surface area (Å²) in [5.74, 6) is 1.69. The van der Waals surface area contributed by atoms with E-state index in [4.69, 9.17) is 9.47 Å². The molecule has 2 aromatic rings. The van der Waals surface area contributed by atoms with Gasteiger partial charge in [-0.1, -0.05) is 0 Å². The molecule has 138 valence electrons. The van der Waals surface area contributed by atoms with Crippen molar-refractivity contribution in [1.82, 2.24) is 15.2 Å². The first kappa shape index (κ1) is 16.8. The van der Waals surface area contributed by atoms with Crippen LogP contribution in [-0.2, 0) is 0 Å². The summed E-state index contributed by atoms with van der Waals surface area (Å²) in [4.78, 5) is 27.3. The van der Waals surface area contributed by atoms with E-state index in [0.717, 1.165) is 5.56 Å². The lowest BCUT2D eigenvalue weighted by atomic mass is 10.1. The molecular formula is C18H17N5O4. The Balaban J connectivity index is 1.73. The molecule has 0 radical (unpaired) electrons. The van der Waals surface area contributed by atoms with Gasteiger partial charge < -0.3 is 14.6 Å². The average Bonchev–Trinajstić information content (AvgIpc) is 3.17. The number of methoxy groups -OCH3 is 2. The van der Waals surface area contributed by atoms with E-state index in [1.165, 1.54) is 18.5 Å². The topological polar surface area (TPSA) is 109 Å². The Morgan fingerprint density at radius 3 is 2.70 bits per heavy atom. The minimum atomic E-state index is -0.424. The Hall–Kier alpha value is -3.62. The van der Waals surface area contributed by atoms with Gasteiger partial charge in [0.1, 0.15) is 11.6 Å². The number of pyridine rings is 1. The normalized spacial score (nSPS) is 14.7. The second kappa shape index (κ2) is 6.60. The molecule has 4 rings (SSSR count). The van der Waals surface area contributed by atoms with E-state index < -0.39 is 5.91 Å². The summed E-state index contributed by atoms with van der Waals surface area (Å²) in [5.41, 5.74) is 1.66. The van der Waals surface area contributed by atoms with Gasteiger partial charge in [0.25, 0.3) is 5.91 Å². The Kier molecular flexibility index (Phi) is 4.11.